The summed E-state index contributed by atoms with van der Waals surface area (Å²) in [5.41, 5.74) is 4.09. The summed E-state index contributed by atoms with van der Waals surface area (Å²) >= 11 is 0. The quantitative estimate of drug-likeness (QED) is 0.616. The Morgan fingerprint density at radius 3 is 2.52 bits per heavy atom. The lowest BCUT2D eigenvalue weighted by molar-refractivity contribution is 0.00226. The molecule has 1 atom stereocenters. The number of benzene rings is 2. The molecule has 0 saturated carbocycles. The SMILES string of the molecule is C=C(C)CC(C)(OC)c1cccc(Oc2cc(C)ccc2C)c1. The van der Waals surface area contributed by atoms with Gasteiger partial charge in [0.15, 0.2) is 0 Å². The van der Waals surface area contributed by atoms with Crippen LogP contribution >= 0.6 is 0 Å². The van der Waals surface area contributed by atoms with E-state index in [1.165, 1.54) is 5.56 Å². The van der Waals surface area contributed by atoms with Gasteiger partial charge in [0.2, 0.25) is 0 Å². The van der Waals surface area contributed by atoms with Gasteiger partial charge in [-0.25, -0.2) is 0 Å². The lowest BCUT2D eigenvalue weighted by Crippen LogP contribution is -2.24. The van der Waals surface area contributed by atoms with Gasteiger partial charge in [-0.05, 0) is 62.6 Å². The third kappa shape index (κ3) is 4.23. The van der Waals surface area contributed by atoms with Crippen molar-refractivity contribution in [2.45, 2.75) is 39.7 Å². The van der Waals surface area contributed by atoms with Gasteiger partial charge in [-0.2, -0.15) is 0 Å². The van der Waals surface area contributed by atoms with Crippen LogP contribution < -0.4 is 4.74 Å². The summed E-state index contributed by atoms with van der Waals surface area (Å²) < 4.78 is 11.9. The fourth-order valence-electron chi connectivity index (χ4n) is 2.70. The highest BCUT2D eigenvalue weighted by molar-refractivity contribution is 5.41. The molecule has 2 nitrogen and oxygen atoms in total. The first kappa shape index (κ1) is 17.3. The third-order valence-corrected chi connectivity index (χ3v) is 4.11. The van der Waals surface area contributed by atoms with Gasteiger partial charge >= 0.3 is 0 Å². The smallest absolute Gasteiger partial charge is 0.130 e. The zero-order valence-electron chi connectivity index (χ0n) is 14.8. The lowest BCUT2D eigenvalue weighted by atomic mass is 9.89. The van der Waals surface area contributed by atoms with E-state index in [0.29, 0.717) is 0 Å². The Kier molecular flexibility index (Phi) is 5.27. The second-order valence-electron chi connectivity index (χ2n) is 6.47. The molecule has 0 heterocycles. The van der Waals surface area contributed by atoms with Gasteiger partial charge in [-0.15, -0.1) is 6.58 Å². The van der Waals surface area contributed by atoms with Gasteiger partial charge in [-0.1, -0.05) is 29.8 Å². The van der Waals surface area contributed by atoms with Crippen LogP contribution in [0.1, 0.15) is 37.0 Å². The van der Waals surface area contributed by atoms with E-state index in [9.17, 15) is 0 Å². The van der Waals surface area contributed by atoms with Crippen molar-refractivity contribution in [3.8, 4) is 11.5 Å². The Morgan fingerprint density at radius 2 is 1.87 bits per heavy atom. The summed E-state index contributed by atoms with van der Waals surface area (Å²) in [5.74, 6) is 1.71. The molecule has 0 saturated heterocycles. The van der Waals surface area contributed by atoms with E-state index in [1.807, 2.05) is 25.1 Å². The number of hydrogen-bond acceptors (Lipinski definition) is 2. The number of ether oxygens (including phenoxy) is 2. The van der Waals surface area contributed by atoms with Gasteiger partial charge in [0, 0.05) is 13.5 Å². The highest BCUT2D eigenvalue weighted by Gasteiger charge is 2.26. The molecule has 2 aromatic carbocycles. The molecule has 0 N–H and O–H groups in total. The zero-order chi connectivity index (χ0) is 17.0. The van der Waals surface area contributed by atoms with E-state index in [2.05, 4.69) is 51.6 Å². The molecule has 2 rings (SSSR count). The maximum absolute atomic E-state index is 6.10. The zero-order valence-corrected chi connectivity index (χ0v) is 14.8. The average Bonchev–Trinajstić information content (AvgIpc) is 2.50. The van der Waals surface area contributed by atoms with Gasteiger partial charge in [-0.3, -0.25) is 0 Å². The van der Waals surface area contributed by atoms with E-state index >= 15 is 0 Å². The van der Waals surface area contributed by atoms with Crippen molar-refractivity contribution in [2.75, 3.05) is 7.11 Å². The van der Waals surface area contributed by atoms with Gasteiger partial charge in [0.1, 0.15) is 11.5 Å². The minimum Gasteiger partial charge on any atom is -0.457 e. The average molecular weight is 310 g/mol. The van der Waals surface area contributed by atoms with Gasteiger partial charge in [0.25, 0.3) is 0 Å². The van der Waals surface area contributed by atoms with Gasteiger partial charge < -0.3 is 9.47 Å². The lowest BCUT2D eigenvalue weighted by Gasteiger charge is -2.29. The topological polar surface area (TPSA) is 18.5 Å². The number of rotatable bonds is 6. The molecule has 1 unspecified atom stereocenters. The summed E-state index contributed by atoms with van der Waals surface area (Å²) in [7, 11) is 1.74. The first-order chi connectivity index (χ1) is 10.8. The normalized spacial score (nSPS) is 13.4. The summed E-state index contributed by atoms with van der Waals surface area (Å²) in [6.45, 7) is 12.2. The molecule has 0 aromatic heterocycles. The summed E-state index contributed by atoms with van der Waals surface area (Å²) in [4.78, 5) is 0. The van der Waals surface area contributed by atoms with Crippen molar-refractivity contribution < 1.29 is 9.47 Å². The summed E-state index contributed by atoms with van der Waals surface area (Å²) in [6.07, 6.45) is 0.774. The summed E-state index contributed by atoms with van der Waals surface area (Å²) in [6, 6.07) is 14.3. The van der Waals surface area contributed by atoms with Crippen molar-refractivity contribution >= 4 is 0 Å². The molecular formula is C21H26O2. The van der Waals surface area contributed by atoms with E-state index < -0.39 is 5.60 Å². The predicted octanol–water partition coefficient (Wildman–Crippen LogP) is 5.92. The first-order valence-corrected chi connectivity index (χ1v) is 7.89. The molecule has 2 heteroatoms. The second-order valence-corrected chi connectivity index (χ2v) is 6.47. The van der Waals surface area contributed by atoms with Crippen LogP contribution in [0, 0.1) is 13.8 Å². The number of hydrogen-bond donors (Lipinski definition) is 0. The standard InChI is InChI=1S/C21H26O2/c1-15(2)14-21(5,22-6)18-8-7-9-19(13-18)23-20-12-16(3)10-11-17(20)4/h7-13H,1,14H2,2-6H3. The van der Waals surface area contributed by atoms with Crippen LogP contribution in [0.15, 0.2) is 54.6 Å². The highest BCUT2D eigenvalue weighted by Crippen LogP contribution is 2.34. The number of methoxy groups -OCH3 is 1. The van der Waals surface area contributed by atoms with Crippen LogP contribution in [0.2, 0.25) is 0 Å². The highest BCUT2D eigenvalue weighted by atomic mass is 16.5. The molecule has 0 bridgehead atoms. The van der Waals surface area contributed by atoms with Crippen molar-refractivity contribution in [3.63, 3.8) is 0 Å². The van der Waals surface area contributed by atoms with Crippen molar-refractivity contribution in [1.82, 2.24) is 0 Å². The molecule has 0 aliphatic rings. The fourth-order valence-corrected chi connectivity index (χ4v) is 2.70. The largest absolute Gasteiger partial charge is 0.457 e. The Bertz CT molecular complexity index is 703. The van der Waals surface area contributed by atoms with E-state index in [-0.39, 0.29) is 0 Å². The van der Waals surface area contributed by atoms with Crippen molar-refractivity contribution in [2.24, 2.45) is 0 Å². The Hall–Kier alpha value is -2.06. The molecule has 0 amide bonds. The van der Waals surface area contributed by atoms with Crippen molar-refractivity contribution in [3.05, 3.63) is 71.3 Å². The monoisotopic (exact) mass is 310 g/mol. The minimum atomic E-state index is -0.396. The molecule has 0 spiro atoms. The molecule has 0 radical (unpaired) electrons. The maximum atomic E-state index is 6.10. The molecule has 0 aliphatic heterocycles. The Balaban J connectivity index is 2.32. The third-order valence-electron chi connectivity index (χ3n) is 4.11. The molecule has 0 fully saturated rings. The van der Waals surface area contributed by atoms with E-state index in [0.717, 1.165) is 34.6 Å². The Labute approximate surface area is 139 Å². The van der Waals surface area contributed by atoms with Crippen LogP contribution in [-0.2, 0) is 10.3 Å². The molecule has 23 heavy (non-hydrogen) atoms. The molecular weight excluding hydrogens is 284 g/mol. The van der Waals surface area contributed by atoms with Crippen molar-refractivity contribution in [1.29, 1.82) is 0 Å². The maximum Gasteiger partial charge on any atom is 0.130 e. The molecule has 0 aliphatic carbocycles. The molecule has 122 valence electrons. The fraction of sp³-hybridized carbons (Fsp3) is 0.333. The number of aryl methyl sites for hydroxylation is 2. The second kappa shape index (κ2) is 7.01. The first-order valence-electron chi connectivity index (χ1n) is 7.89. The Morgan fingerprint density at radius 1 is 1.13 bits per heavy atom. The molecule has 2 aromatic rings. The van der Waals surface area contributed by atoms with Gasteiger partial charge in [0.05, 0.1) is 5.60 Å². The minimum absolute atomic E-state index is 0.396. The van der Waals surface area contributed by atoms with Crippen LogP contribution in [-0.4, -0.2) is 7.11 Å². The van der Waals surface area contributed by atoms with Crippen LogP contribution in [0.5, 0.6) is 11.5 Å². The summed E-state index contributed by atoms with van der Waals surface area (Å²) in [5, 5.41) is 0. The van der Waals surface area contributed by atoms with E-state index in [4.69, 9.17) is 9.47 Å². The van der Waals surface area contributed by atoms with Crippen LogP contribution in [0.4, 0.5) is 0 Å². The van der Waals surface area contributed by atoms with Crippen LogP contribution in [0.3, 0.4) is 0 Å². The van der Waals surface area contributed by atoms with Crippen LogP contribution in [0.25, 0.3) is 0 Å². The van der Waals surface area contributed by atoms with E-state index in [1.54, 1.807) is 7.11 Å². The predicted molar refractivity (Wildman–Crippen MR) is 96.2 cm³/mol.